The first-order valence-electron chi connectivity index (χ1n) is 6.94. The predicted octanol–water partition coefficient (Wildman–Crippen LogP) is 4.71. The standard InChI is InChI=1S/C16H19BrN2OS/c1-3-16(20)19-14-6-4-13(5-7-14)11(2)18-9-12-8-15(17)21-10-12/h4-8,10-11,18H,3,9H2,1-2H3,(H,19,20). The molecule has 0 radical (unpaired) electrons. The largest absolute Gasteiger partial charge is 0.326 e. The maximum atomic E-state index is 11.3. The minimum atomic E-state index is 0.0389. The Hall–Kier alpha value is -1.17. The number of hydrogen-bond donors (Lipinski definition) is 2. The molecule has 3 nitrogen and oxygen atoms in total. The molecule has 0 fully saturated rings. The first kappa shape index (κ1) is 16.2. The summed E-state index contributed by atoms with van der Waals surface area (Å²) in [6, 6.07) is 10.4. The Morgan fingerprint density at radius 3 is 2.62 bits per heavy atom. The summed E-state index contributed by atoms with van der Waals surface area (Å²) in [4.78, 5) is 11.3. The van der Waals surface area contributed by atoms with E-state index in [0.717, 1.165) is 16.0 Å². The average molecular weight is 367 g/mol. The Morgan fingerprint density at radius 1 is 1.33 bits per heavy atom. The van der Waals surface area contributed by atoms with Crippen molar-refractivity contribution in [2.45, 2.75) is 32.9 Å². The summed E-state index contributed by atoms with van der Waals surface area (Å²) in [5.74, 6) is 0.0389. The first-order valence-corrected chi connectivity index (χ1v) is 8.62. The molecule has 0 spiro atoms. The van der Waals surface area contributed by atoms with Crippen LogP contribution in [0.4, 0.5) is 5.69 Å². The number of benzene rings is 1. The molecule has 2 rings (SSSR count). The van der Waals surface area contributed by atoms with E-state index in [1.54, 1.807) is 11.3 Å². The third-order valence-electron chi connectivity index (χ3n) is 3.25. The lowest BCUT2D eigenvalue weighted by molar-refractivity contribution is -0.115. The molecule has 2 N–H and O–H groups in total. The molecule has 112 valence electrons. The second-order valence-electron chi connectivity index (χ2n) is 4.89. The van der Waals surface area contributed by atoms with Crippen molar-refractivity contribution in [3.63, 3.8) is 0 Å². The van der Waals surface area contributed by atoms with Crippen LogP contribution in [-0.2, 0) is 11.3 Å². The van der Waals surface area contributed by atoms with Crippen LogP contribution in [0.3, 0.4) is 0 Å². The van der Waals surface area contributed by atoms with Crippen molar-refractivity contribution in [2.75, 3.05) is 5.32 Å². The van der Waals surface area contributed by atoms with Gasteiger partial charge in [-0.25, -0.2) is 0 Å². The van der Waals surface area contributed by atoms with Crippen LogP contribution < -0.4 is 10.6 Å². The van der Waals surface area contributed by atoms with Gasteiger partial charge >= 0.3 is 0 Å². The van der Waals surface area contributed by atoms with Crippen molar-refractivity contribution in [3.8, 4) is 0 Å². The summed E-state index contributed by atoms with van der Waals surface area (Å²) < 4.78 is 1.16. The molecule has 1 atom stereocenters. The Bertz CT molecular complexity index is 595. The Kier molecular flexibility index (Phi) is 5.96. The van der Waals surface area contributed by atoms with E-state index in [0.29, 0.717) is 6.42 Å². The lowest BCUT2D eigenvalue weighted by atomic mass is 10.1. The molecule has 1 heterocycles. The van der Waals surface area contributed by atoms with Crippen LogP contribution in [0.15, 0.2) is 39.5 Å². The number of nitrogens with one attached hydrogen (secondary N) is 2. The van der Waals surface area contributed by atoms with E-state index in [1.807, 2.05) is 31.2 Å². The minimum Gasteiger partial charge on any atom is -0.326 e. The van der Waals surface area contributed by atoms with Gasteiger partial charge in [-0.3, -0.25) is 4.79 Å². The normalized spacial score (nSPS) is 12.1. The van der Waals surface area contributed by atoms with Gasteiger partial charge in [0.25, 0.3) is 0 Å². The molecule has 0 aliphatic rings. The molecule has 0 saturated carbocycles. The van der Waals surface area contributed by atoms with E-state index < -0.39 is 0 Å². The molecule has 0 aliphatic carbocycles. The van der Waals surface area contributed by atoms with E-state index in [2.05, 4.69) is 44.9 Å². The van der Waals surface area contributed by atoms with Gasteiger partial charge < -0.3 is 10.6 Å². The summed E-state index contributed by atoms with van der Waals surface area (Å²) in [7, 11) is 0. The van der Waals surface area contributed by atoms with E-state index in [9.17, 15) is 4.79 Å². The second kappa shape index (κ2) is 7.73. The van der Waals surface area contributed by atoms with Crippen LogP contribution in [0, 0.1) is 0 Å². The number of carbonyl (C=O) groups is 1. The van der Waals surface area contributed by atoms with E-state index in [4.69, 9.17) is 0 Å². The predicted molar refractivity (Wildman–Crippen MR) is 92.6 cm³/mol. The number of anilines is 1. The maximum Gasteiger partial charge on any atom is 0.224 e. The first-order chi connectivity index (χ1) is 10.1. The van der Waals surface area contributed by atoms with E-state index >= 15 is 0 Å². The van der Waals surface area contributed by atoms with Crippen molar-refractivity contribution in [1.29, 1.82) is 0 Å². The summed E-state index contributed by atoms with van der Waals surface area (Å²) in [6.07, 6.45) is 0.496. The molecule has 0 bridgehead atoms. The third-order valence-corrected chi connectivity index (χ3v) is 4.80. The average Bonchev–Trinajstić information content (AvgIpc) is 2.91. The highest BCUT2D eigenvalue weighted by atomic mass is 79.9. The lowest BCUT2D eigenvalue weighted by Gasteiger charge is -2.14. The molecule has 1 unspecified atom stereocenters. The smallest absolute Gasteiger partial charge is 0.224 e. The van der Waals surface area contributed by atoms with Crippen LogP contribution in [0.2, 0.25) is 0 Å². The van der Waals surface area contributed by atoms with Gasteiger partial charge in [-0.1, -0.05) is 19.1 Å². The number of rotatable bonds is 6. The van der Waals surface area contributed by atoms with Crippen molar-refractivity contribution >= 4 is 38.9 Å². The zero-order valence-electron chi connectivity index (χ0n) is 12.2. The summed E-state index contributed by atoms with van der Waals surface area (Å²) in [5.41, 5.74) is 3.34. The fraction of sp³-hybridized carbons (Fsp3) is 0.312. The topological polar surface area (TPSA) is 41.1 Å². The summed E-state index contributed by atoms with van der Waals surface area (Å²) >= 11 is 5.17. The zero-order chi connectivity index (χ0) is 15.2. The van der Waals surface area contributed by atoms with Gasteiger partial charge in [0.1, 0.15) is 0 Å². The van der Waals surface area contributed by atoms with Gasteiger partial charge in [0, 0.05) is 24.7 Å². The molecule has 5 heteroatoms. The Balaban J connectivity index is 1.90. The van der Waals surface area contributed by atoms with E-state index in [1.165, 1.54) is 11.1 Å². The number of carbonyl (C=O) groups excluding carboxylic acids is 1. The van der Waals surface area contributed by atoms with Crippen molar-refractivity contribution < 1.29 is 4.79 Å². The molecule has 1 aromatic heterocycles. The van der Waals surface area contributed by atoms with Crippen LogP contribution >= 0.6 is 27.3 Å². The fourth-order valence-electron chi connectivity index (χ4n) is 1.93. The van der Waals surface area contributed by atoms with Crippen molar-refractivity contribution in [1.82, 2.24) is 5.32 Å². The Morgan fingerprint density at radius 2 is 2.05 bits per heavy atom. The van der Waals surface area contributed by atoms with Crippen LogP contribution in [-0.4, -0.2) is 5.91 Å². The number of hydrogen-bond acceptors (Lipinski definition) is 3. The molecule has 1 amide bonds. The highest BCUT2D eigenvalue weighted by Gasteiger charge is 2.06. The minimum absolute atomic E-state index is 0.0389. The van der Waals surface area contributed by atoms with Crippen LogP contribution in [0.5, 0.6) is 0 Å². The monoisotopic (exact) mass is 366 g/mol. The van der Waals surface area contributed by atoms with Gasteiger partial charge in [0.15, 0.2) is 0 Å². The second-order valence-corrected chi connectivity index (χ2v) is 7.18. The molecular formula is C16H19BrN2OS. The lowest BCUT2D eigenvalue weighted by Crippen LogP contribution is -2.17. The zero-order valence-corrected chi connectivity index (χ0v) is 14.6. The number of amides is 1. The van der Waals surface area contributed by atoms with Gasteiger partial charge in [-0.2, -0.15) is 0 Å². The molecule has 1 aromatic carbocycles. The summed E-state index contributed by atoms with van der Waals surface area (Å²) in [6.45, 7) is 4.83. The molecular weight excluding hydrogens is 348 g/mol. The Labute approximate surface area is 137 Å². The number of thiophene rings is 1. The molecule has 0 saturated heterocycles. The van der Waals surface area contributed by atoms with Gasteiger partial charge in [0.05, 0.1) is 3.79 Å². The quantitative estimate of drug-likeness (QED) is 0.776. The molecule has 0 aliphatic heterocycles. The number of halogens is 1. The SMILES string of the molecule is CCC(=O)Nc1ccc(C(C)NCc2csc(Br)c2)cc1. The van der Waals surface area contributed by atoms with Gasteiger partial charge in [-0.05, 0) is 57.6 Å². The summed E-state index contributed by atoms with van der Waals surface area (Å²) in [5, 5.41) is 8.50. The molecule has 2 aromatic rings. The third kappa shape index (κ3) is 4.95. The highest BCUT2D eigenvalue weighted by Crippen LogP contribution is 2.22. The van der Waals surface area contributed by atoms with Gasteiger partial charge in [-0.15, -0.1) is 11.3 Å². The highest BCUT2D eigenvalue weighted by molar-refractivity contribution is 9.11. The fourth-order valence-corrected chi connectivity index (χ4v) is 3.14. The van der Waals surface area contributed by atoms with Crippen LogP contribution in [0.1, 0.15) is 37.4 Å². The van der Waals surface area contributed by atoms with Crippen LogP contribution in [0.25, 0.3) is 0 Å². The van der Waals surface area contributed by atoms with Crippen molar-refractivity contribution in [2.24, 2.45) is 0 Å². The van der Waals surface area contributed by atoms with Crippen molar-refractivity contribution in [3.05, 3.63) is 50.6 Å². The maximum absolute atomic E-state index is 11.3. The molecule has 21 heavy (non-hydrogen) atoms. The van der Waals surface area contributed by atoms with E-state index in [-0.39, 0.29) is 11.9 Å². The van der Waals surface area contributed by atoms with Gasteiger partial charge in [0.2, 0.25) is 5.91 Å².